The van der Waals surface area contributed by atoms with Crippen LogP contribution in [0.25, 0.3) is 0 Å². The summed E-state index contributed by atoms with van der Waals surface area (Å²) in [5.41, 5.74) is 0. The van der Waals surface area contributed by atoms with E-state index in [1.807, 2.05) is 6.07 Å². The molecule has 1 aromatic rings. The summed E-state index contributed by atoms with van der Waals surface area (Å²) in [6.07, 6.45) is 4.37. The van der Waals surface area contributed by atoms with E-state index in [9.17, 15) is 4.79 Å². The minimum atomic E-state index is 0.0176. The highest BCUT2D eigenvalue weighted by Crippen LogP contribution is 2.39. The highest BCUT2D eigenvalue weighted by atomic mass is 16.4. The first-order chi connectivity index (χ1) is 8.61. The molecule has 4 nitrogen and oxygen atoms in total. The number of hydrogen-bond donors (Lipinski definition) is 0. The molecule has 0 spiro atoms. The molecule has 1 aliphatic rings. The monoisotopic (exact) mass is 246 g/mol. The number of nitriles is 1. The van der Waals surface area contributed by atoms with Crippen LogP contribution >= 0.6 is 0 Å². The summed E-state index contributed by atoms with van der Waals surface area (Å²) < 4.78 is 5.73. The second-order valence-electron chi connectivity index (χ2n) is 5.26. The molecule has 0 N–H and O–H groups in total. The third-order valence-electron chi connectivity index (χ3n) is 3.60. The third kappa shape index (κ3) is 2.61. The molecule has 4 heteroatoms. The van der Waals surface area contributed by atoms with Crippen molar-refractivity contribution in [1.82, 2.24) is 4.98 Å². The first-order valence-electron chi connectivity index (χ1n) is 6.47. The van der Waals surface area contributed by atoms with Gasteiger partial charge in [-0.15, -0.1) is 0 Å². The Hall–Kier alpha value is -1.63. The highest BCUT2D eigenvalue weighted by molar-refractivity contribution is 5.83. The van der Waals surface area contributed by atoms with Crippen LogP contribution in [0.3, 0.4) is 0 Å². The lowest BCUT2D eigenvalue weighted by molar-refractivity contribution is -0.121. The highest BCUT2D eigenvalue weighted by Gasteiger charge is 2.33. The van der Waals surface area contributed by atoms with Gasteiger partial charge >= 0.3 is 0 Å². The van der Waals surface area contributed by atoms with E-state index >= 15 is 0 Å². The molecule has 0 amide bonds. The Bertz CT molecular complexity index is 470. The first-order valence-corrected chi connectivity index (χ1v) is 6.47. The van der Waals surface area contributed by atoms with Crippen molar-refractivity contribution in [2.75, 3.05) is 0 Å². The smallest absolute Gasteiger partial charge is 0.197 e. The molecule has 2 atom stereocenters. The van der Waals surface area contributed by atoms with Gasteiger partial charge in [-0.1, -0.05) is 13.8 Å². The van der Waals surface area contributed by atoms with Crippen LogP contribution in [0.2, 0.25) is 0 Å². The minimum absolute atomic E-state index is 0.0176. The summed E-state index contributed by atoms with van der Waals surface area (Å²) in [5, 5.41) is 8.54. The summed E-state index contributed by atoms with van der Waals surface area (Å²) in [6, 6.07) is 1.93. The number of oxazole rings is 1. The molecule has 2 unspecified atom stereocenters. The van der Waals surface area contributed by atoms with Crippen molar-refractivity contribution in [3.8, 4) is 6.07 Å². The van der Waals surface area contributed by atoms with Gasteiger partial charge in [0.15, 0.2) is 5.89 Å². The number of carbonyl (C=O) groups excluding carboxylic acids is 1. The van der Waals surface area contributed by atoms with Crippen molar-refractivity contribution in [3.63, 3.8) is 0 Å². The molecule has 0 aliphatic heterocycles. The van der Waals surface area contributed by atoms with Gasteiger partial charge in [-0.25, -0.2) is 4.98 Å². The summed E-state index contributed by atoms with van der Waals surface area (Å²) in [6.45, 7) is 4.14. The number of rotatable bonds is 4. The predicted octanol–water partition coefficient (Wildman–Crippen LogP) is 3.16. The summed E-state index contributed by atoms with van der Waals surface area (Å²) >= 11 is 0. The van der Waals surface area contributed by atoms with E-state index in [0.717, 1.165) is 30.9 Å². The number of nitrogens with zero attached hydrogens (tertiary/aromatic N) is 2. The third-order valence-corrected chi connectivity index (χ3v) is 3.60. The molecule has 1 saturated carbocycles. The van der Waals surface area contributed by atoms with Crippen molar-refractivity contribution in [2.24, 2.45) is 5.92 Å². The van der Waals surface area contributed by atoms with Gasteiger partial charge in [0.25, 0.3) is 0 Å². The molecule has 0 aromatic carbocycles. The SMILES string of the molecule is CC(C)c1cnc(C2CCC(C(=O)CC#N)C2)o1. The molecule has 2 rings (SSSR count). The van der Waals surface area contributed by atoms with Crippen LogP contribution in [-0.4, -0.2) is 10.8 Å². The average Bonchev–Trinajstić information content (AvgIpc) is 2.98. The van der Waals surface area contributed by atoms with Gasteiger partial charge in [-0.05, 0) is 19.3 Å². The van der Waals surface area contributed by atoms with Gasteiger partial charge in [-0.3, -0.25) is 4.79 Å². The Balaban J connectivity index is 2.00. The fraction of sp³-hybridized carbons (Fsp3) is 0.643. The Morgan fingerprint density at radius 2 is 2.39 bits per heavy atom. The maximum Gasteiger partial charge on any atom is 0.197 e. The number of hydrogen-bond acceptors (Lipinski definition) is 4. The zero-order chi connectivity index (χ0) is 13.1. The van der Waals surface area contributed by atoms with Crippen LogP contribution in [0, 0.1) is 17.2 Å². The van der Waals surface area contributed by atoms with Gasteiger partial charge in [0, 0.05) is 17.8 Å². The Kier molecular flexibility index (Phi) is 3.81. The van der Waals surface area contributed by atoms with Gasteiger partial charge in [0.2, 0.25) is 0 Å². The van der Waals surface area contributed by atoms with Gasteiger partial charge < -0.3 is 4.42 Å². The summed E-state index contributed by atoms with van der Waals surface area (Å²) in [7, 11) is 0. The van der Waals surface area contributed by atoms with E-state index in [1.54, 1.807) is 6.20 Å². The molecule has 1 fully saturated rings. The Morgan fingerprint density at radius 3 is 3.00 bits per heavy atom. The summed E-state index contributed by atoms with van der Waals surface area (Å²) in [4.78, 5) is 16.0. The first kappa shape index (κ1) is 12.8. The van der Waals surface area contributed by atoms with Crippen LogP contribution in [-0.2, 0) is 4.79 Å². The molecule has 1 aliphatic carbocycles. The van der Waals surface area contributed by atoms with E-state index in [2.05, 4.69) is 18.8 Å². The Morgan fingerprint density at radius 1 is 1.61 bits per heavy atom. The van der Waals surface area contributed by atoms with E-state index < -0.39 is 0 Å². The molecule has 0 radical (unpaired) electrons. The maximum absolute atomic E-state index is 11.7. The molecule has 18 heavy (non-hydrogen) atoms. The zero-order valence-electron chi connectivity index (χ0n) is 10.8. The van der Waals surface area contributed by atoms with Crippen LogP contribution in [0.4, 0.5) is 0 Å². The summed E-state index contributed by atoms with van der Waals surface area (Å²) in [5.74, 6) is 2.32. The molecule has 0 saturated heterocycles. The van der Waals surface area contributed by atoms with Crippen LogP contribution in [0.1, 0.15) is 63.0 Å². The average molecular weight is 246 g/mol. The normalized spacial score (nSPS) is 23.2. The maximum atomic E-state index is 11.7. The lowest BCUT2D eigenvalue weighted by atomic mass is 9.99. The van der Waals surface area contributed by atoms with Crippen molar-refractivity contribution < 1.29 is 9.21 Å². The van der Waals surface area contributed by atoms with Gasteiger partial charge in [0.1, 0.15) is 11.5 Å². The standard InChI is InChI=1S/C14H18N2O2/c1-9(2)13-8-16-14(18-13)11-4-3-10(7-11)12(17)5-6-15/h8-11H,3-5,7H2,1-2H3. The number of aromatic nitrogens is 1. The number of ketones is 1. The van der Waals surface area contributed by atoms with Crippen molar-refractivity contribution in [2.45, 2.75) is 51.4 Å². The largest absolute Gasteiger partial charge is 0.445 e. The molecule has 96 valence electrons. The quantitative estimate of drug-likeness (QED) is 0.818. The number of carbonyl (C=O) groups is 1. The second kappa shape index (κ2) is 5.34. The predicted molar refractivity (Wildman–Crippen MR) is 65.9 cm³/mol. The van der Waals surface area contributed by atoms with E-state index in [1.165, 1.54) is 0 Å². The minimum Gasteiger partial charge on any atom is -0.445 e. The number of Topliss-reactive ketones (excluding diaryl/α,β-unsaturated/α-hetero) is 1. The van der Waals surface area contributed by atoms with Crippen LogP contribution in [0.5, 0.6) is 0 Å². The molecule has 0 bridgehead atoms. The van der Waals surface area contributed by atoms with E-state index in [0.29, 0.717) is 5.92 Å². The van der Waals surface area contributed by atoms with Gasteiger partial charge in [-0.2, -0.15) is 5.26 Å². The molecular formula is C14H18N2O2. The molecule has 1 aromatic heterocycles. The van der Waals surface area contributed by atoms with Crippen molar-refractivity contribution >= 4 is 5.78 Å². The topological polar surface area (TPSA) is 66.9 Å². The lowest BCUT2D eigenvalue weighted by Crippen LogP contribution is -2.10. The van der Waals surface area contributed by atoms with E-state index in [4.69, 9.17) is 9.68 Å². The molecular weight excluding hydrogens is 228 g/mol. The van der Waals surface area contributed by atoms with Crippen LogP contribution < -0.4 is 0 Å². The lowest BCUT2D eigenvalue weighted by Gasteiger charge is -2.06. The Labute approximate surface area is 107 Å². The fourth-order valence-corrected chi connectivity index (χ4v) is 2.48. The zero-order valence-corrected chi connectivity index (χ0v) is 10.8. The fourth-order valence-electron chi connectivity index (χ4n) is 2.48. The second-order valence-corrected chi connectivity index (χ2v) is 5.26. The molecule has 1 heterocycles. The van der Waals surface area contributed by atoms with Crippen molar-refractivity contribution in [1.29, 1.82) is 5.26 Å². The van der Waals surface area contributed by atoms with Gasteiger partial charge in [0.05, 0.1) is 18.7 Å². The van der Waals surface area contributed by atoms with E-state index in [-0.39, 0.29) is 24.0 Å². The van der Waals surface area contributed by atoms with Crippen molar-refractivity contribution in [3.05, 3.63) is 17.8 Å². The van der Waals surface area contributed by atoms with Crippen LogP contribution in [0.15, 0.2) is 10.6 Å².